The molecule has 112 valence electrons. The summed E-state index contributed by atoms with van der Waals surface area (Å²) in [5.41, 5.74) is 0.867. The van der Waals surface area contributed by atoms with E-state index < -0.39 is 10.0 Å². The third-order valence-electron chi connectivity index (χ3n) is 3.13. The summed E-state index contributed by atoms with van der Waals surface area (Å²) in [5, 5.41) is 5.01. The van der Waals surface area contributed by atoms with Crippen molar-refractivity contribution in [3.63, 3.8) is 0 Å². The van der Waals surface area contributed by atoms with E-state index in [-0.39, 0.29) is 29.3 Å². The van der Waals surface area contributed by atoms with E-state index in [1.807, 2.05) is 20.8 Å². The molecule has 1 aromatic carbocycles. The number of carbonyl (C=O) groups excluding carboxylic acids is 1. The lowest BCUT2D eigenvalue weighted by Gasteiger charge is -2.16. The summed E-state index contributed by atoms with van der Waals surface area (Å²) >= 11 is 0. The topological polar surface area (TPSA) is 86.5 Å². The van der Waals surface area contributed by atoms with Gasteiger partial charge in [-0.15, -0.1) is 0 Å². The molecular formula is C14H21NO4S. The summed E-state index contributed by atoms with van der Waals surface area (Å²) in [4.78, 5) is 11.7. The van der Waals surface area contributed by atoms with Crippen LogP contribution >= 0.6 is 0 Å². The summed E-state index contributed by atoms with van der Waals surface area (Å²) in [5.74, 6) is 0.0368. The molecule has 0 saturated heterocycles. The number of aryl methyl sites for hydroxylation is 1. The second-order valence-corrected chi connectivity index (χ2v) is 6.69. The van der Waals surface area contributed by atoms with Crippen LogP contribution in [-0.4, -0.2) is 20.5 Å². The van der Waals surface area contributed by atoms with Crippen molar-refractivity contribution in [1.29, 1.82) is 0 Å². The predicted octanol–water partition coefficient (Wildman–Crippen LogP) is 1.85. The molecule has 6 heteroatoms. The van der Waals surface area contributed by atoms with Gasteiger partial charge in [0.05, 0.1) is 4.90 Å². The van der Waals surface area contributed by atoms with Crippen molar-refractivity contribution in [2.75, 3.05) is 0 Å². The van der Waals surface area contributed by atoms with Crippen molar-refractivity contribution < 1.29 is 17.9 Å². The second kappa shape index (κ2) is 6.85. The fourth-order valence-electron chi connectivity index (χ4n) is 1.49. The quantitative estimate of drug-likeness (QED) is 0.812. The average Bonchev–Trinajstić information content (AvgIpc) is 2.35. The van der Waals surface area contributed by atoms with Crippen molar-refractivity contribution in [3.05, 3.63) is 29.8 Å². The molecule has 0 radical (unpaired) electrons. The maximum atomic E-state index is 11.6. The van der Waals surface area contributed by atoms with Crippen LogP contribution in [0.2, 0.25) is 0 Å². The zero-order valence-electron chi connectivity index (χ0n) is 12.0. The van der Waals surface area contributed by atoms with E-state index in [4.69, 9.17) is 9.88 Å². The van der Waals surface area contributed by atoms with E-state index in [1.54, 1.807) is 12.1 Å². The number of benzene rings is 1. The van der Waals surface area contributed by atoms with Gasteiger partial charge in [0.2, 0.25) is 10.0 Å². The molecule has 20 heavy (non-hydrogen) atoms. The van der Waals surface area contributed by atoms with Gasteiger partial charge in [-0.2, -0.15) is 0 Å². The first kappa shape index (κ1) is 16.7. The summed E-state index contributed by atoms with van der Waals surface area (Å²) in [6, 6.07) is 6.18. The molecule has 0 spiro atoms. The lowest BCUT2D eigenvalue weighted by atomic mass is 10.1. The fourth-order valence-corrected chi connectivity index (χ4v) is 2.01. The lowest BCUT2D eigenvalue weighted by molar-refractivity contribution is -0.150. The van der Waals surface area contributed by atoms with Crippen LogP contribution in [0.1, 0.15) is 32.8 Å². The molecule has 1 atom stereocenters. The van der Waals surface area contributed by atoms with Crippen LogP contribution in [0.4, 0.5) is 0 Å². The Kier molecular flexibility index (Phi) is 5.71. The van der Waals surface area contributed by atoms with Crippen LogP contribution in [0.5, 0.6) is 0 Å². The van der Waals surface area contributed by atoms with Gasteiger partial charge in [-0.25, -0.2) is 13.6 Å². The molecule has 1 aromatic rings. The Morgan fingerprint density at radius 3 is 2.20 bits per heavy atom. The van der Waals surface area contributed by atoms with Gasteiger partial charge in [-0.05, 0) is 37.0 Å². The van der Waals surface area contributed by atoms with Gasteiger partial charge in [0, 0.05) is 6.42 Å². The molecule has 5 nitrogen and oxygen atoms in total. The molecular weight excluding hydrogens is 278 g/mol. The maximum absolute atomic E-state index is 11.6. The van der Waals surface area contributed by atoms with E-state index in [9.17, 15) is 13.2 Å². The smallest absolute Gasteiger partial charge is 0.306 e. The average molecular weight is 299 g/mol. The molecule has 1 unspecified atom stereocenters. The Morgan fingerprint density at radius 2 is 1.75 bits per heavy atom. The molecule has 1 rings (SSSR count). The van der Waals surface area contributed by atoms with Gasteiger partial charge < -0.3 is 4.74 Å². The fraction of sp³-hybridized carbons (Fsp3) is 0.500. The zero-order valence-corrected chi connectivity index (χ0v) is 12.8. The number of hydrogen-bond acceptors (Lipinski definition) is 4. The molecule has 0 bridgehead atoms. The molecule has 0 heterocycles. The normalized spacial score (nSPS) is 13.2. The number of hydrogen-bond donors (Lipinski definition) is 1. The van der Waals surface area contributed by atoms with E-state index in [1.165, 1.54) is 12.1 Å². The molecule has 2 N–H and O–H groups in total. The minimum atomic E-state index is -3.67. The van der Waals surface area contributed by atoms with Crippen LogP contribution in [0, 0.1) is 5.92 Å². The van der Waals surface area contributed by atoms with Crippen molar-refractivity contribution in [2.45, 2.75) is 44.6 Å². The maximum Gasteiger partial charge on any atom is 0.306 e. The molecule has 0 aromatic heterocycles. The number of primary sulfonamides is 1. The third kappa shape index (κ3) is 5.30. The Hall–Kier alpha value is -1.40. The minimum Gasteiger partial charge on any atom is -0.462 e. The van der Waals surface area contributed by atoms with Gasteiger partial charge in [0.15, 0.2) is 0 Å². The number of nitrogens with two attached hydrogens (primary N) is 1. The first-order chi connectivity index (χ1) is 9.20. The van der Waals surface area contributed by atoms with E-state index in [0.29, 0.717) is 6.42 Å². The Morgan fingerprint density at radius 1 is 1.20 bits per heavy atom. The highest BCUT2D eigenvalue weighted by atomic mass is 32.2. The molecule has 0 aliphatic carbocycles. The highest BCUT2D eigenvalue weighted by molar-refractivity contribution is 7.89. The molecule has 0 fully saturated rings. The molecule has 0 aliphatic rings. The van der Waals surface area contributed by atoms with E-state index in [2.05, 4.69) is 0 Å². The zero-order chi connectivity index (χ0) is 15.3. The lowest BCUT2D eigenvalue weighted by Crippen LogP contribution is -2.20. The summed E-state index contributed by atoms with van der Waals surface area (Å²) in [7, 11) is -3.67. The van der Waals surface area contributed by atoms with Gasteiger partial charge in [0.1, 0.15) is 6.10 Å². The van der Waals surface area contributed by atoms with Crippen molar-refractivity contribution in [3.8, 4) is 0 Å². The van der Waals surface area contributed by atoms with Crippen molar-refractivity contribution >= 4 is 16.0 Å². The first-order valence-corrected chi connectivity index (χ1v) is 8.06. The largest absolute Gasteiger partial charge is 0.462 e. The Balaban J connectivity index is 2.52. The van der Waals surface area contributed by atoms with Gasteiger partial charge in [0.25, 0.3) is 0 Å². The summed E-state index contributed by atoms with van der Waals surface area (Å²) in [6.07, 6.45) is 0.674. The van der Waals surface area contributed by atoms with Gasteiger partial charge in [-0.1, -0.05) is 26.0 Å². The van der Waals surface area contributed by atoms with Crippen LogP contribution in [0.3, 0.4) is 0 Å². The minimum absolute atomic E-state index is 0.0669. The highest BCUT2D eigenvalue weighted by Crippen LogP contribution is 2.12. The van der Waals surface area contributed by atoms with Gasteiger partial charge in [-0.3, -0.25) is 4.79 Å². The number of sulfonamides is 1. The van der Waals surface area contributed by atoms with Crippen molar-refractivity contribution in [2.24, 2.45) is 11.1 Å². The van der Waals surface area contributed by atoms with Crippen LogP contribution in [0.25, 0.3) is 0 Å². The molecule has 0 saturated carbocycles. The van der Waals surface area contributed by atoms with Crippen LogP contribution in [-0.2, 0) is 26.0 Å². The molecule has 0 aliphatic heterocycles. The standard InChI is InChI=1S/C14H21NO4S/c1-10(2)11(3)19-14(16)9-6-12-4-7-13(8-5-12)20(15,17)18/h4-5,7-8,10-11H,6,9H2,1-3H3,(H2,15,17,18). The monoisotopic (exact) mass is 299 g/mol. The molecule has 0 amide bonds. The van der Waals surface area contributed by atoms with Crippen LogP contribution in [0.15, 0.2) is 29.2 Å². The first-order valence-electron chi connectivity index (χ1n) is 6.51. The Labute approximate surface area is 120 Å². The number of carbonyl (C=O) groups is 1. The van der Waals surface area contributed by atoms with Crippen molar-refractivity contribution in [1.82, 2.24) is 0 Å². The van der Waals surface area contributed by atoms with E-state index in [0.717, 1.165) is 5.56 Å². The highest BCUT2D eigenvalue weighted by Gasteiger charge is 2.13. The third-order valence-corrected chi connectivity index (χ3v) is 4.06. The van der Waals surface area contributed by atoms with E-state index >= 15 is 0 Å². The SMILES string of the molecule is CC(C)C(C)OC(=O)CCc1ccc(S(N)(=O)=O)cc1. The Bertz CT molecular complexity index is 549. The number of rotatable bonds is 6. The second-order valence-electron chi connectivity index (χ2n) is 5.13. The number of esters is 1. The number of ether oxygens (including phenoxy) is 1. The summed E-state index contributed by atoms with van der Waals surface area (Å²) < 4.78 is 27.5. The van der Waals surface area contributed by atoms with Crippen LogP contribution < -0.4 is 5.14 Å². The predicted molar refractivity (Wildman–Crippen MR) is 76.5 cm³/mol. The summed E-state index contributed by atoms with van der Waals surface area (Å²) in [6.45, 7) is 5.84. The van der Waals surface area contributed by atoms with Gasteiger partial charge >= 0.3 is 5.97 Å².